The van der Waals surface area contributed by atoms with E-state index in [0.717, 1.165) is 12.3 Å². The van der Waals surface area contributed by atoms with Crippen LogP contribution in [0.15, 0.2) is 45.8 Å². The highest BCUT2D eigenvalue weighted by molar-refractivity contribution is 6.04. The van der Waals surface area contributed by atoms with Crippen molar-refractivity contribution in [3.8, 4) is 0 Å². The largest absolute Gasteiger partial charge is 0.463 e. The fourth-order valence-electron chi connectivity index (χ4n) is 2.01. The number of carbonyl (C=O) groups excluding carboxylic acids is 1. The molecule has 0 unspecified atom stereocenters. The van der Waals surface area contributed by atoms with E-state index in [1.807, 2.05) is 0 Å². The van der Waals surface area contributed by atoms with Gasteiger partial charge in [0.25, 0.3) is 0 Å². The highest BCUT2D eigenvalue weighted by Crippen LogP contribution is 2.26. The first-order valence-electron chi connectivity index (χ1n) is 5.30. The topological polar surface area (TPSA) is 47.3 Å². The van der Waals surface area contributed by atoms with Gasteiger partial charge in [0.05, 0.1) is 10.9 Å². The molecule has 1 aromatic heterocycles. The van der Waals surface area contributed by atoms with Crippen LogP contribution in [0, 0.1) is 5.82 Å². The van der Waals surface area contributed by atoms with Crippen LogP contribution in [0.25, 0.3) is 21.7 Å². The van der Waals surface area contributed by atoms with Gasteiger partial charge in [0.2, 0.25) is 5.43 Å². The summed E-state index contributed by atoms with van der Waals surface area (Å²) in [6.07, 6.45) is 1.50. The van der Waals surface area contributed by atoms with Crippen molar-refractivity contribution in [2.45, 2.75) is 0 Å². The zero-order valence-corrected chi connectivity index (χ0v) is 9.14. The molecule has 0 fully saturated rings. The van der Waals surface area contributed by atoms with Gasteiger partial charge in [-0.2, -0.15) is 0 Å². The van der Waals surface area contributed by atoms with E-state index in [1.165, 1.54) is 0 Å². The normalized spacial score (nSPS) is 10.9. The lowest BCUT2D eigenvalue weighted by Gasteiger charge is -2.03. The standard InChI is InChI=1S/C14H7FO3/c15-12-5-11-13(17)8(6-16)7-18-14(11)10-4-2-1-3-9(10)12/h1-7H. The summed E-state index contributed by atoms with van der Waals surface area (Å²) in [6, 6.07) is 7.82. The van der Waals surface area contributed by atoms with Crippen molar-refractivity contribution in [1.29, 1.82) is 0 Å². The number of hydrogen-bond donors (Lipinski definition) is 0. The number of hydrogen-bond acceptors (Lipinski definition) is 3. The number of fused-ring (bicyclic) bond motifs is 3. The number of rotatable bonds is 1. The summed E-state index contributed by atoms with van der Waals surface area (Å²) >= 11 is 0. The Morgan fingerprint density at radius 1 is 1.11 bits per heavy atom. The second kappa shape index (κ2) is 3.77. The van der Waals surface area contributed by atoms with E-state index in [2.05, 4.69) is 0 Å². The van der Waals surface area contributed by atoms with Crippen molar-refractivity contribution in [3.63, 3.8) is 0 Å². The zero-order valence-electron chi connectivity index (χ0n) is 9.14. The van der Waals surface area contributed by atoms with Crippen LogP contribution in [0.4, 0.5) is 4.39 Å². The maximum atomic E-state index is 13.9. The van der Waals surface area contributed by atoms with Gasteiger partial charge in [-0.05, 0) is 6.07 Å². The molecule has 88 valence electrons. The molecule has 3 rings (SSSR count). The first-order chi connectivity index (χ1) is 8.72. The molecule has 0 N–H and O–H groups in total. The Kier molecular flexibility index (Phi) is 2.23. The molecule has 0 spiro atoms. The molecule has 3 nitrogen and oxygen atoms in total. The van der Waals surface area contributed by atoms with Gasteiger partial charge in [-0.1, -0.05) is 24.3 Å². The van der Waals surface area contributed by atoms with Crippen molar-refractivity contribution < 1.29 is 13.6 Å². The molecule has 0 atom stereocenters. The molecule has 4 heteroatoms. The summed E-state index contributed by atoms with van der Waals surface area (Å²) in [5.41, 5.74) is -0.337. The molecular formula is C14H7FO3. The zero-order chi connectivity index (χ0) is 12.7. The van der Waals surface area contributed by atoms with Crippen molar-refractivity contribution in [2.24, 2.45) is 0 Å². The summed E-state index contributed by atoms with van der Waals surface area (Å²) in [5.74, 6) is -0.506. The molecule has 0 saturated heterocycles. The van der Waals surface area contributed by atoms with Gasteiger partial charge in [-0.3, -0.25) is 9.59 Å². The minimum absolute atomic E-state index is 0.0794. The van der Waals surface area contributed by atoms with Crippen LogP contribution in [0.1, 0.15) is 10.4 Å². The van der Waals surface area contributed by atoms with Crippen LogP contribution in [-0.4, -0.2) is 6.29 Å². The van der Waals surface area contributed by atoms with E-state index in [9.17, 15) is 14.0 Å². The molecule has 18 heavy (non-hydrogen) atoms. The summed E-state index contributed by atoms with van der Waals surface area (Å²) in [5, 5.41) is 0.977. The highest BCUT2D eigenvalue weighted by Gasteiger charge is 2.12. The lowest BCUT2D eigenvalue weighted by molar-refractivity contribution is 0.112. The molecule has 0 aliphatic rings. The molecule has 0 aliphatic carbocycles. The third kappa shape index (κ3) is 1.35. The van der Waals surface area contributed by atoms with Gasteiger partial charge in [0.15, 0.2) is 6.29 Å². The Morgan fingerprint density at radius 3 is 2.56 bits per heavy atom. The van der Waals surface area contributed by atoms with Gasteiger partial charge in [0.1, 0.15) is 17.7 Å². The molecule has 0 aliphatic heterocycles. The van der Waals surface area contributed by atoms with Gasteiger partial charge < -0.3 is 4.42 Å². The van der Waals surface area contributed by atoms with Crippen molar-refractivity contribution in [2.75, 3.05) is 0 Å². The minimum atomic E-state index is -0.518. The molecule has 0 bridgehead atoms. The Hall–Kier alpha value is -2.49. The fourth-order valence-corrected chi connectivity index (χ4v) is 2.01. The smallest absolute Gasteiger partial charge is 0.203 e. The molecule has 1 heterocycles. The summed E-state index contributed by atoms with van der Waals surface area (Å²) in [4.78, 5) is 22.6. The van der Waals surface area contributed by atoms with Crippen LogP contribution >= 0.6 is 0 Å². The number of halogens is 1. The third-order valence-electron chi connectivity index (χ3n) is 2.88. The van der Waals surface area contributed by atoms with E-state index in [1.54, 1.807) is 24.3 Å². The lowest BCUT2D eigenvalue weighted by atomic mass is 10.1. The Balaban J connectivity index is 2.62. The SMILES string of the molecule is O=Cc1coc2c(cc(F)c3ccccc32)c1=O. The first-order valence-corrected chi connectivity index (χ1v) is 5.30. The Bertz CT molecular complexity index is 833. The third-order valence-corrected chi connectivity index (χ3v) is 2.88. The molecule has 3 aromatic rings. The van der Waals surface area contributed by atoms with Crippen LogP contribution in [0.2, 0.25) is 0 Å². The van der Waals surface area contributed by atoms with Crippen LogP contribution in [-0.2, 0) is 0 Å². The summed E-state index contributed by atoms with van der Waals surface area (Å²) in [7, 11) is 0. The molecule has 0 amide bonds. The van der Waals surface area contributed by atoms with E-state index in [0.29, 0.717) is 22.6 Å². The van der Waals surface area contributed by atoms with E-state index in [-0.39, 0.29) is 10.9 Å². The maximum absolute atomic E-state index is 13.9. The minimum Gasteiger partial charge on any atom is -0.463 e. The van der Waals surface area contributed by atoms with E-state index >= 15 is 0 Å². The van der Waals surface area contributed by atoms with Crippen LogP contribution in [0.3, 0.4) is 0 Å². The second-order valence-electron chi connectivity index (χ2n) is 3.92. The molecule has 2 aromatic carbocycles. The lowest BCUT2D eigenvalue weighted by Crippen LogP contribution is -2.08. The van der Waals surface area contributed by atoms with Crippen molar-refractivity contribution in [3.05, 3.63) is 58.2 Å². The van der Waals surface area contributed by atoms with Crippen LogP contribution < -0.4 is 5.43 Å². The average Bonchev–Trinajstić information content (AvgIpc) is 2.41. The Labute approximate surface area is 100 Å². The second-order valence-corrected chi connectivity index (χ2v) is 3.92. The molecular weight excluding hydrogens is 235 g/mol. The number of benzene rings is 2. The summed E-state index contributed by atoms with van der Waals surface area (Å²) in [6.45, 7) is 0. The molecule has 0 radical (unpaired) electrons. The monoisotopic (exact) mass is 242 g/mol. The predicted octanol–water partition coefficient (Wildman–Crippen LogP) is 2.90. The summed E-state index contributed by atoms with van der Waals surface area (Å²) < 4.78 is 19.1. The van der Waals surface area contributed by atoms with Gasteiger partial charge in [-0.15, -0.1) is 0 Å². The van der Waals surface area contributed by atoms with Crippen molar-refractivity contribution in [1.82, 2.24) is 0 Å². The van der Waals surface area contributed by atoms with Gasteiger partial charge in [0, 0.05) is 10.8 Å². The average molecular weight is 242 g/mol. The first kappa shape index (κ1) is 10.7. The van der Waals surface area contributed by atoms with Crippen molar-refractivity contribution >= 4 is 28.0 Å². The number of aldehydes is 1. The van der Waals surface area contributed by atoms with Gasteiger partial charge in [-0.25, -0.2) is 4.39 Å². The molecule has 0 saturated carbocycles. The quantitative estimate of drug-likeness (QED) is 0.487. The fraction of sp³-hybridized carbons (Fsp3) is 0. The maximum Gasteiger partial charge on any atom is 0.203 e. The van der Waals surface area contributed by atoms with Gasteiger partial charge >= 0.3 is 0 Å². The van der Waals surface area contributed by atoms with E-state index < -0.39 is 11.2 Å². The Morgan fingerprint density at radius 2 is 1.83 bits per heavy atom. The predicted molar refractivity (Wildman–Crippen MR) is 65.3 cm³/mol. The van der Waals surface area contributed by atoms with Crippen LogP contribution in [0.5, 0.6) is 0 Å². The highest BCUT2D eigenvalue weighted by atomic mass is 19.1. The number of carbonyl (C=O) groups is 1. The van der Waals surface area contributed by atoms with E-state index in [4.69, 9.17) is 4.42 Å².